The monoisotopic (exact) mass is 304 g/mol. The highest BCUT2D eigenvalue weighted by Crippen LogP contribution is 2.29. The van der Waals surface area contributed by atoms with Crippen LogP contribution >= 0.6 is 15.9 Å². The van der Waals surface area contributed by atoms with Crippen molar-refractivity contribution in [3.8, 4) is 5.75 Å². The molecular weight excluding hydrogens is 291 g/mol. The summed E-state index contributed by atoms with van der Waals surface area (Å²) in [6, 6.07) is 5.28. The Morgan fingerprint density at radius 1 is 1.47 bits per heavy atom. The summed E-state index contributed by atoms with van der Waals surface area (Å²) in [4.78, 5) is 11.2. The van der Waals surface area contributed by atoms with Crippen LogP contribution in [0.5, 0.6) is 5.75 Å². The second-order valence-electron chi connectivity index (χ2n) is 3.29. The molecule has 0 atom stereocenters. The van der Waals surface area contributed by atoms with Crippen LogP contribution in [0.4, 0.5) is 4.39 Å². The van der Waals surface area contributed by atoms with Gasteiger partial charge in [-0.2, -0.15) is 0 Å². The van der Waals surface area contributed by atoms with E-state index in [9.17, 15) is 9.18 Å². The minimum absolute atomic E-state index is 0.240. The Morgan fingerprint density at radius 2 is 2.24 bits per heavy atom. The zero-order valence-corrected chi connectivity index (χ0v) is 11.1. The van der Waals surface area contributed by atoms with Gasteiger partial charge in [0.25, 0.3) is 0 Å². The second kappa shape index (κ2) is 7.27. The molecule has 0 radical (unpaired) electrons. The van der Waals surface area contributed by atoms with E-state index < -0.39 is 6.86 Å². The average molecular weight is 305 g/mol. The minimum Gasteiger partial charge on any atom is -0.466 e. The van der Waals surface area contributed by atoms with Crippen LogP contribution in [0.25, 0.3) is 0 Å². The number of aryl methyl sites for hydroxylation is 1. The molecule has 1 aromatic carbocycles. The van der Waals surface area contributed by atoms with Gasteiger partial charge in [0, 0.05) is 6.42 Å². The fraction of sp³-hybridized carbons (Fsp3) is 0.417. The van der Waals surface area contributed by atoms with E-state index in [1.807, 2.05) is 6.07 Å². The van der Waals surface area contributed by atoms with Crippen molar-refractivity contribution in [2.24, 2.45) is 0 Å². The number of carbonyl (C=O) groups excluding carboxylic acids is 1. The molecule has 0 heterocycles. The van der Waals surface area contributed by atoms with Gasteiger partial charge in [-0.15, -0.1) is 0 Å². The van der Waals surface area contributed by atoms with Gasteiger partial charge in [-0.25, -0.2) is 4.39 Å². The molecule has 1 aromatic rings. The lowest BCUT2D eigenvalue weighted by Crippen LogP contribution is -2.05. The molecule has 0 amide bonds. The molecule has 0 aromatic heterocycles. The number of carbonyl (C=O) groups is 1. The lowest BCUT2D eigenvalue weighted by Gasteiger charge is -2.09. The molecule has 0 spiro atoms. The van der Waals surface area contributed by atoms with Crippen LogP contribution in [-0.2, 0) is 16.0 Å². The number of hydrogen-bond donors (Lipinski definition) is 0. The Morgan fingerprint density at radius 3 is 2.88 bits per heavy atom. The van der Waals surface area contributed by atoms with E-state index in [1.54, 1.807) is 19.1 Å². The van der Waals surface area contributed by atoms with E-state index in [4.69, 9.17) is 9.47 Å². The number of ether oxygens (including phenoxy) is 2. The molecule has 0 aliphatic carbocycles. The van der Waals surface area contributed by atoms with E-state index in [1.165, 1.54) is 0 Å². The van der Waals surface area contributed by atoms with Crippen molar-refractivity contribution in [3.63, 3.8) is 0 Å². The first-order valence-corrected chi connectivity index (χ1v) is 6.10. The van der Waals surface area contributed by atoms with Crippen LogP contribution in [-0.4, -0.2) is 19.4 Å². The largest absolute Gasteiger partial charge is 0.466 e. The van der Waals surface area contributed by atoms with Crippen LogP contribution < -0.4 is 4.74 Å². The Bertz CT molecular complexity index is 382. The molecule has 0 bridgehead atoms. The predicted octanol–water partition coefficient (Wildman–Crippen LogP) is 3.25. The third-order valence-electron chi connectivity index (χ3n) is 2.16. The van der Waals surface area contributed by atoms with Gasteiger partial charge in [-0.1, -0.05) is 12.1 Å². The molecule has 5 heteroatoms. The molecule has 94 valence electrons. The van der Waals surface area contributed by atoms with E-state index in [0.717, 1.165) is 5.56 Å². The molecular formula is C12H14BrFO3. The molecule has 0 saturated carbocycles. The SMILES string of the molecule is CCOC(=O)CCc1cccc(OCF)c1Br. The third-order valence-corrected chi connectivity index (χ3v) is 3.06. The van der Waals surface area contributed by atoms with Crippen molar-refractivity contribution in [1.29, 1.82) is 0 Å². The highest BCUT2D eigenvalue weighted by atomic mass is 79.9. The first-order chi connectivity index (χ1) is 8.19. The Balaban J connectivity index is 2.64. The van der Waals surface area contributed by atoms with Crippen molar-refractivity contribution in [2.45, 2.75) is 19.8 Å². The van der Waals surface area contributed by atoms with Crippen molar-refractivity contribution in [3.05, 3.63) is 28.2 Å². The van der Waals surface area contributed by atoms with Crippen molar-refractivity contribution >= 4 is 21.9 Å². The summed E-state index contributed by atoms with van der Waals surface area (Å²) < 4.78 is 22.4. The van der Waals surface area contributed by atoms with Gasteiger partial charge in [0.1, 0.15) is 5.75 Å². The first-order valence-electron chi connectivity index (χ1n) is 5.30. The zero-order valence-electron chi connectivity index (χ0n) is 9.54. The molecule has 0 saturated heterocycles. The molecule has 0 aliphatic heterocycles. The van der Waals surface area contributed by atoms with Gasteiger partial charge in [0.2, 0.25) is 6.86 Å². The summed E-state index contributed by atoms with van der Waals surface area (Å²) in [6.45, 7) is 1.27. The number of rotatable bonds is 6. The number of hydrogen-bond acceptors (Lipinski definition) is 3. The number of alkyl halides is 1. The summed E-state index contributed by atoms with van der Waals surface area (Å²) >= 11 is 3.33. The van der Waals surface area contributed by atoms with Crippen molar-refractivity contribution < 1.29 is 18.7 Å². The number of halogens is 2. The standard InChI is InChI=1S/C12H14BrFO3/c1-2-16-11(15)7-6-9-4-3-5-10(12(9)13)17-8-14/h3-5H,2,6-8H2,1H3. The van der Waals surface area contributed by atoms with E-state index in [-0.39, 0.29) is 5.97 Å². The second-order valence-corrected chi connectivity index (χ2v) is 4.08. The third kappa shape index (κ3) is 4.34. The quantitative estimate of drug-likeness (QED) is 0.757. The molecule has 1 rings (SSSR count). The zero-order chi connectivity index (χ0) is 12.7. The smallest absolute Gasteiger partial charge is 0.306 e. The maximum absolute atomic E-state index is 12.1. The molecule has 0 aliphatic rings. The van der Waals surface area contributed by atoms with Gasteiger partial charge in [0.05, 0.1) is 11.1 Å². The number of benzene rings is 1. The summed E-state index contributed by atoms with van der Waals surface area (Å²) in [7, 11) is 0. The minimum atomic E-state index is -0.875. The lowest BCUT2D eigenvalue weighted by molar-refractivity contribution is -0.143. The van der Waals surface area contributed by atoms with Gasteiger partial charge < -0.3 is 9.47 Å². The van der Waals surface area contributed by atoms with Crippen molar-refractivity contribution in [1.82, 2.24) is 0 Å². The summed E-state index contributed by atoms with van der Waals surface area (Å²) in [6.07, 6.45) is 0.828. The Labute approximate surface area is 108 Å². The van der Waals surface area contributed by atoms with E-state index in [2.05, 4.69) is 15.9 Å². The van der Waals surface area contributed by atoms with E-state index in [0.29, 0.717) is 29.7 Å². The summed E-state index contributed by atoms with van der Waals surface area (Å²) in [5.74, 6) is 0.199. The highest BCUT2D eigenvalue weighted by molar-refractivity contribution is 9.10. The fourth-order valence-electron chi connectivity index (χ4n) is 1.39. The van der Waals surface area contributed by atoms with E-state index >= 15 is 0 Å². The van der Waals surface area contributed by atoms with Gasteiger partial charge in [0.15, 0.2) is 0 Å². The predicted molar refractivity (Wildman–Crippen MR) is 65.7 cm³/mol. The van der Waals surface area contributed by atoms with Crippen LogP contribution in [0.1, 0.15) is 18.9 Å². The fourth-order valence-corrected chi connectivity index (χ4v) is 1.97. The maximum Gasteiger partial charge on any atom is 0.306 e. The molecule has 0 N–H and O–H groups in total. The summed E-state index contributed by atoms with van der Waals surface area (Å²) in [5, 5.41) is 0. The molecule has 0 fully saturated rings. The lowest BCUT2D eigenvalue weighted by atomic mass is 10.1. The van der Waals surface area contributed by atoms with Crippen LogP contribution in [0, 0.1) is 0 Å². The van der Waals surface area contributed by atoms with Gasteiger partial charge in [-0.05, 0) is 40.9 Å². The Hall–Kier alpha value is -1.10. The van der Waals surface area contributed by atoms with Crippen LogP contribution in [0.2, 0.25) is 0 Å². The summed E-state index contributed by atoms with van der Waals surface area (Å²) in [5.41, 5.74) is 0.893. The van der Waals surface area contributed by atoms with Crippen LogP contribution in [0.3, 0.4) is 0 Å². The topological polar surface area (TPSA) is 35.5 Å². The molecule has 0 unspecified atom stereocenters. The first kappa shape index (κ1) is 14.0. The molecule has 17 heavy (non-hydrogen) atoms. The van der Waals surface area contributed by atoms with Gasteiger partial charge in [-0.3, -0.25) is 4.79 Å². The Kier molecular flexibility index (Phi) is 5.97. The highest BCUT2D eigenvalue weighted by Gasteiger charge is 2.09. The molecule has 3 nitrogen and oxygen atoms in total. The average Bonchev–Trinajstić information content (AvgIpc) is 2.31. The van der Waals surface area contributed by atoms with Crippen molar-refractivity contribution in [2.75, 3.05) is 13.5 Å². The van der Waals surface area contributed by atoms with Gasteiger partial charge >= 0.3 is 5.97 Å². The van der Waals surface area contributed by atoms with Crippen LogP contribution in [0.15, 0.2) is 22.7 Å². The maximum atomic E-state index is 12.1. The number of esters is 1. The normalized spacial score (nSPS) is 10.1.